The predicted molar refractivity (Wildman–Crippen MR) is 63.8 cm³/mol. The van der Waals surface area contributed by atoms with Crippen molar-refractivity contribution < 1.29 is 23.0 Å². The Morgan fingerprint density at radius 3 is 2.53 bits per heavy atom. The molecule has 0 spiro atoms. The summed E-state index contributed by atoms with van der Waals surface area (Å²) < 4.78 is 32.4. The third-order valence-electron chi connectivity index (χ3n) is 2.65. The molecule has 1 fully saturated rings. The first-order valence-corrected chi connectivity index (χ1v) is 7.53. The highest BCUT2D eigenvalue weighted by Gasteiger charge is 2.22. The zero-order valence-electron chi connectivity index (χ0n) is 10.2. The predicted octanol–water partition coefficient (Wildman–Crippen LogP) is -1.26. The number of nitrogens with zero attached hydrogens (tertiary/aromatic N) is 1. The maximum Gasteiger partial charge on any atom is 0.152 e. The molecule has 1 unspecified atom stereocenters. The molecule has 7 heteroatoms. The summed E-state index contributed by atoms with van der Waals surface area (Å²) in [5.74, 6) is 0.370. The van der Waals surface area contributed by atoms with Crippen LogP contribution < -0.4 is 0 Å². The standard InChI is InChI=1S/C10H21NO5S/c1-15-4-5-16-9-10(12)8-11-2-6-17(13,14)7-3-11/h10,12H,2-9H2,1H3. The lowest BCUT2D eigenvalue weighted by molar-refractivity contribution is 0.000462. The number of hydrogen-bond acceptors (Lipinski definition) is 6. The molecule has 0 amide bonds. The van der Waals surface area contributed by atoms with Crippen molar-refractivity contribution in [2.45, 2.75) is 6.10 Å². The molecule has 0 aliphatic carbocycles. The number of ether oxygens (including phenoxy) is 2. The van der Waals surface area contributed by atoms with Gasteiger partial charge in [-0.15, -0.1) is 0 Å². The third kappa shape index (κ3) is 6.32. The zero-order chi connectivity index (χ0) is 12.7. The summed E-state index contributed by atoms with van der Waals surface area (Å²) in [5.41, 5.74) is 0. The molecule has 17 heavy (non-hydrogen) atoms. The number of hydrogen-bond donors (Lipinski definition) is 1. The summed E-state index contributed by atoms with van der Waals surface area (Å²) in [5, 5.41) is 9.67. The second-order valence-corrected chi connectivity index (χ2v) is 6.48. The van der Waals surface area contributed by atoms with Crippen LogP contribution in [-0.2, 0) is 19.3 Å². The summed E-state index contributed by atoms with van der Waals surface area (Å²) in [7, 11) is -1.26. The minimum atomic E-state index is -2.85. The molecule has 102 valence electrons. The summed E-state index contributed by atoms with van der Waals surface area (Å²) in [6.45, 7) is 2.68. The molecule has 1 N–H and O–H groups in total. The number of aliphatic hydroxyl groups excluding tert-OH is 1. The van der Waals surface area contributed by atoms with Gasteiger partial charge in [0.05, 0.1) is 37.4 Å². The van der Waals surface area contributed by atoms with E-state index in [1.165, 1.54) is 0 Å². The van der Waals surface area contributed by atoms with Crippen LogP contribution in [0.5, 0.6) is 0 Å². The Hall–Kier alpha value is -0.210. The van der Waals surface area contributed by atoms with E-state index in [2.05, 4.69) is 0 Å². The third-order valence-corrected chi connectivity index (χ3v) is 4.26. The quantitative estimate of drug-likeness (QED) is 0.580. The van der Waals surface area contributed by atoms with Gasteiger partial charge >= 0.3 is 0 Å². The van der Waals surface area contributed by atoms with Crippen LogP contribution in [0, 0.1) is 0 Å². The highest BCUT2D eigenvalue weighted by Crippen LogP contribution is 2.04. The normalized spacial score (nSPS) is 22.5. The number of sulfone groups is 1. The molecule has 0 saturated carbocycles. The lowest BCUT2D eigenvalue weighted by atomic mass is 10.3. The van der Waals surface area contributed by atoms with Crippen LogP contribution in [0.15, 0.2) is 0 Å². The first kappa shape index (κ1) is 14.8. The molecule has 0 bridgehead atoms. The fourth-order valence-corrected chi connectivity index (χ4v) is 2.92. The van der Waals surface area contributed by atoms with E-state index in [-0.39, 0.29) is 18.1 Å². The molecular formula is C10H21NO5S. The van der Waals surface area contributed by atoms with E-state index in [1.807, 2.05) is 4.90 Å². The zero-order valence-corrected chi connectivity index (χ0v) is 11.0. The Bertz CT molecular complexity index is 292. The number of aliphatic hydroxyl groups is 1. The Kier molecular flexibility index (Phi) is 6.35. The number of rotatable bonds is 7. The van der Waals surface area contributed by atoms with Crippen LogP contribution in [0.4, 0.5) is 0 Å². The van der Waals surface area contributed by atoms with Crippen LogP contribution >= 0.6 is 0 Å². The Morgan fingerprint density at radius 2 is 1.94 bits per heavy atom. The van der Waals surface area contributed by atoms with Gasteiger partial charge in [-0.1, -0.05) is 0 Å². The molecule has 0 aromatic carbocycles. The highest BCUT2D eigenvalue weighted by atomic mass is 32.2. The first-order valence-electron chi connectivity index (χ1n) is 5.71. The average Bonchev–Trinajstić information content (AvgIpc) is 2.28. The van der Waals surface area contributed by atoms with Crippen molar-refractivity contribution in [3.63, 3.8) is 0 Å². The Morgan fingerprint density at radius 1 is 1.29 bits per heavy atom. The molecule has 0 radical (unpaired) electrons. The smallest absolute Gasteiger partial charge is 0.152 e. The van der Waals surface area contributed by atoms with Gasteiger partial charge in [0.25, 0.3) is 0 Å². The van der Waals surface area contributed by atoms with E-state index >= 15 is 0 Å². The van der Waals surface area contributed by atoms with Gasteiger partial charge in [0.2, 0.25) is 0 Å². The molecule has 1 aliphatic rings. The van der Waals surface area contributed by atoms with Crippen molar-refractivity contribution in [3.8, 4) is 0 Å². The minimum absolute atomic E-state index is 0.185. The van der Waals surface area contributed by atoms with Crippen LogP contribution in [0.25, 0.3) is 0 Å². The molecule has 0 aromatic heterocycles. The van der Waals surface area contributed by atoms with Crippen LogP contribution in [0.3, 0.4) is 0 Å². The molecule has 0 aromatic rings. The molecule has 6 nitrogen and oxygen atoms in total. The molecular weight excluding hydrogens is 246 g/mol. The van der Waals surface area contributed by atoms with Gasteiger partial charge in [-0.25, -0.2) is 8.42 Å². The lowest BCUT2D eigenvalue weighted by Gasteiger charge is -2.28. The maximum atomic E-state index is 11.2. The van der Waals surface area contributed by atoms with Crippen molar-refractivity contribution in [2.24, 2.45) is 0 Å². The van der Waals surface area contributed by atoms with Gasteiger partial charge in [0, 0.05) is 26.7 Å². The second-order valence-electron chi connectivity index (χ2n) is 4.17. The van der Waals surface area contributed by atoms with E-state index in [4.69, 9.17) is 9.47 Å². The van der Waals surface area contributed by atoms with Crippen LogP contribution in [-0.4, -0.2) is 82.6 Å². The number of β-amino-alcohol motifs (C(OH)–C–C–N with tert-alkyl or cyclic N) is 1. The molecule has 1 heterocycles. The Balaban J connectivity index is 2.12. The summed E-state index contributed by atoms with van der Waals surface area (Å²) in [6.07, 6.45) is -0.576. The first-order chi connectivity index (χ1) is 8.03. The SMILES string of the molecule is COCCOCC(O)CN1CCS(=O)(=O)CC1. The van der Waals surface area contributed by atoms with E-state index in [9.17, 15) is 13.5 Å². The van der Waals surface area contributed by atoms with Gasteiger partial charge in [-0.05, 0) is 0 Å². The van der Waals surface area contributed by atoms with Gasteiger partial charge < -0.3 is 14.6 Å². The van der Waals surface area contributed by atoms with Gasteiger partial charge in [0.15, 0.2) is 9.84 Å². The minimum Gasteiger partial charge on any atom is -0.389 e. The van der Waals surface area contributed by atoms with E-state index < -0.39 is 15.9 Å². The Labute approximate surface area is 102 Å². The lowest BCUT2D eigenvalue weighted by Crippen LogP contribution is -2.44. The van der Waals surface area contributed by atoms with Gasteiger partial charge in [-0.3, -0.25) is 4.90 Å². The summed E-state index contributed by atoms with van der Waals surface area (Å²) in [6, 6.07) is 0. The largest absolute Gasteiger partial charge is 0.389 e. The highest BCUT2D eigenvalue weighted by molar-refractivity contribution is 7.91. The van der Waals surface area contributed by atoms with E-state index in [1.54, 1.807) is 7.11 Å². The summed E-state index contributed by atoms with van der Waals surface area (Å²) >= 11 is 0. The molecule has 1 aliphatic heterocycles. The van der Waals surface area contributed by atoms with Crippen molar-refractivity contribution in [1.29, 1.82) is 0 Å². The average molecular weight is 267 g/mol. The second kappa shape index (κ2) is 7.27. The van der Waals surface area contributed by atoms with E-state index in [0.717, 1.165) is 0 Å². The molecule has 1 atom stereocenters. The van der Waals surface area contributed by atoms with Gasteiger partial charge in [0.1, 0.15) is 0 Å². The van der Waals surface area contributed by atoms with Crippen LogP contribution in [0.1, 0.15) is 0 Å². The fourth-order valence-electron chi connectivity index (χ4n) is 1.65. The fraction of sp³-hybridized carbons (Fsp3) is 1.00. The van der Waals surface area contributed by atoms with Crippen LogP contribution in [0.2, 0.25) is 0 Å². The topological polar surface area (TPSA) is 76.1 Å². The van der Waals surface area contributed by atoms with Crippen molar-refractivity contribution >= 4 is 9.84 Å². The van der Waals surface area contributed by atoms with Crippen molar-refractivity contribution in [1.82, 2.24) is 4.90 Å². The monoisotopic (exact) mass is 267 g/mol. The number of methoxy groups -OCH3 is 1. The van der Waals surface area contributed by atoms with Crippen molar-refractivity contribution in [3.05, 3.63) is 0 Å². The van der Waals surface area contributed by atoms with Crippen molar-refractivity contribution in [2.75, 3.05) is 58.1 Å². The molecule has 1 rings (SSSR count). The summed E-state index contributed by atoms with van der Waals surface area (Å²) in [4.78, 5) is 1.95. The maximum absolute atomic E-state index is 11.2. The van der Waals surface area contributed by atoms with Gasteiger partial charge in [-0.2, -0.15) is 0 Å². The molecule has 1 saturated heterocycles. The van der Waals surface area contributed by atoms with E-state index in [0.29, 0.717) is 32.8 Å².